The van der Waals surface area contributed by atoms with Crippen LogP contribution in [-0.2, 0) is 0 Å². The number of hydrogen-bond donors (Lipinski definition) is 5. The number of anilines is 4. The second-order valence-electron chi connectivity index (χ2n) is 5.60. The average molecular weight is 398 g/mol. The molecule has 28 heavy (non-hydrogen) atoms. The Balaban J connectivity index is 1.75. The van der Waals surface area contributed by atoms with Gasteiger partial charge in [0.1, 0.15) is 5.00 Å². The van der Waals surface area contributed by atoms with Crippen LogP contribution in [0.15, 0.2) is 48.8 Å². The second kappa shape index (κ2) is 8.93. The van der Waals surface area contributed by atoms with Crippen molar-refractivity contribution in [3.8, 4) is 0 Å². The molecule has 2 amide bonds. The van der Waals surface area contributed by atoms with Gasteiger partial charge in [0.25, 0.3) is 11.8 Å². The molecule has 9 nitrogen and oxygen atoms in total. The predicted molar refractivity (Wildman–Crippen MR) is 108 cm³/mol. The van der Waals surface area contributed by atoms with E-state index in [1.54, 1.807) is 48.8 Å². The average Bonchev–Trinajstić information content (AvgIpc) is 3.10. The number of carbonyl (C=O) groups is 2. The molecule has 0 aliphatic rings. The summed E-state index contributed by atoms with van der Waals surface area (Å²) in [6.07, 6.45) is 3.24. The molecule has 2 heterocycles. The highest BCUT2D eigenvalue weighted by Gasteiger charge is 2.19. The van der Waals surface area contributed by atoms with Gasteiger partial charge in [-0.25, -0.2) is 4.98 Å². The molecule has 0 aliphatic heterocycles. The number of benzene rings is 1. The van der Waals surface area contributed by atoms with Gasteiger partial charge in [-0.2, -0.15) is 0 Å². The Morgan fingerprint density at radius 2 is 1.79 bits per heavy atom. The first kappa shape index (κ1) is 19.3. The molecule has 2 aromatic heterocycles. The van der Waals surface area contributed by atoms with Crippen molar-refractivity contribution in [3.63, 3.8) is 0 Å². The maximum absolute atomic E-state index is 12.5. The van der Waals surface area contributed by atoms with Crippen molar-refractivity contribution >= 4 is 44.7 Å². The molecule has 0 unspecified atom stereocenters. The van der Waals surface area contributed by atoms with Crippen molar-refractivity contribution in [2.75, 3.05) is 29.1 Å². The normalized spacial score (nSPS) is 10.3. The summed E-state index contributed by atoms with van der Waals surface area (Å²) >= 11 is 1.10. The minimum atomic E-state index is -0.738. The Kier molecular flexibility index (Phi) is 6.14. The smallest absolute Gasteiger partial charge is 0.270 e. The highest BCUT2D eigenvalue weighted by molar-refractivity contribution is 7.20. The van der Waals surface area contributed by atoms with Crippen LogP contribution >= 0.6 is 11.3 Å². The molecule has 0 atom stereocenters. The van der Waals surface area contributed by atoms with E-state index in [1.165, 1.54) is 0 Å². The first-order valence-corrected chi connectivity index (χ1v) is 9.12. The Labute approximate surface area is 164 Å². The number of pyridine rings is 1. The van der Waals surface area contributed by atoms with Crippen LogP contribution in [0.25, 0.3) is 0 Å². The van der Waals surface area contributed by atoms with Crippen molar-refractivity contribution in [2.45, 2.75) is 0 Å². The van der Waals surface area contributed by atoms with Crippen LogP contribution in [-0.4, -0.2) is 40.0 Å². The fourth-order valence-electron chi connectivity index (χ4n) is 2.30. The van der Waals surface area contributed by atoms with Crippen molar-refractivity contribution in [2.24, 2.45) is 5.73 Å². The number of nitrogens with two attached hydrogens (primary N) is 1. The minimum Gasteiger partial charge on any atom is -0.395 e. The summed E-state index contributed by atoms with van der Waals surface area (Å²) in [6, 6.07) is 10.2. The summed E-state index contributed by atoms with van der Waals surface area (Å²) in [6.45, 7) is 0.432. The Morgan fingerprint density at radius 3 is 2.43 bits per heavy atom. The molecule has 1 aromatic carbocycles. The van der Waals surface area contributed by atoms with E-state index in [0.29, 0.717) is 17.2 Å². The number of primary amides is 1. The molecular formula is C18H18N6O3S. The number of nitrogens with one attached hydrogen (secondary N) is 3. The van der Waals surface area contributed by atoms with E-state index in [0.717, 1.165) is 22.7 Å². The van der Waals surface area contributed by atoms with Crippen LogP contribution in [0.1, 0.15) is 20.8 Å². The first-order chi connectivity index (χ1) is 13.6. The second-order valence-corrected chi connectivity index (χ2v) is 6.60. The number of carbonyl (C=O) groups excluding carboxylic acids is 2. The highest BCUT2D eigenvalue weighted by Crippen LogP contribution is 2.30. The van der Waals surface area contributed by atoms with E-state index in [9.17, 15) is 9.59 Å². The number of nitrogens with zero attached hydrogens (tertiary/aromatic N) is 2. The lowest BCUT2D eigenvalue weighted by Gasteiger charge is -2.06. The van der Waals surface area contributed by atoms with Crippen LogP contribution in [0.5, 0.6) is 0 Å². The third-order valence-corrected chi connectivity index (χ3v) is 4.49. The lowest BCUT2D eigenvalue weighted by atomic mass is 10.2. The van der Waals surface area contributed by atoms with Crippen molar-refractivity contribution in [3.05, 3.63) is 60.0 Å². The van der Waals surface area contributed by atoms with E-state index in [1.807, 2.05) is 0 Å². The lowest BCUT2D eigenvalue weighted by Crippen LogP contribution is -2.17. The summed E-state index contributed by atoms with van der Waals surface area (Å²) in [5.41, 5.74) is 7.30. The minimum absolute atomic E-state index is 0.0133. The van der Waals surface area contributed by atoms with Crippen LogP contribution in [0, 0.1) is 0 Å². The number of aliphatic hydroxyl groups is 1. The summed E-state index contributed by atoms with van der Waals surface area (Å²) in [4.78, 5) is 32.3. The maximum Gasteiger partial charge on any atom is 0.270 e. The number of aliphatic hydroxyl groups excluding tert-OH is 1. The SMILES string of the molecule is NC(=O)c1nc(Nc2ccncc2)sc1NC(=O)c1ccc(NCCO)cc1. The molecule has 0 fully saturated rings. The van der Waals surface area contributed by atoms with E-state index in [-0.39, 0.29) is 17.3 Å². The van der Waals surface area contributed by atoms with Crippen molar-refractivity contribution in [1.82, 2.24) is 9.97 Å². The molecule has 0 aliphatic carbocycles. The van der Waals surface area contributed by atoms with Crippen LogP contribution in [0.3, 0.4) is 0 Å². The summed E-state index contributed by atoms with van der Waals surface area (Å²) in [5.74, 6) is -1.13. The highest BCUT2D eigenvalue weighted by atomic mass is 32.1. The molecule has 0 bridgehead atoms. The molecular weight excluding hydrogens is 380 g/mol. The maximum atomic E-state index is 12.5. The van der Waals surface area contributed by atoms with Gasteiger partial charge in [0.15, 0.2) is 10.8 Å². The van der Waals surface area contributed by atoms with Gasteiger partial charge in [0.05, 0.1) is 6.61 Å². The predicted octanol–water partition coefficient (Wildman–Crippen LogP) is 2.04. The van der Waals surface area contributed by atoms with E-state index >= 15 is 0 Å². The quantitative estimate of drug-likeness (QED) is 0.391. The molecule has 0 saturated carbocycles. The van der Waals surface area contributed by atoms with Crippen molar-refractivity contribution in [1.29, 1.82) is 0 Å². The molecule has 144 valence electrons. The topological polar surface area (TPSA) is 142 Å². The summed E-state index contributed by atoms with van der Waals surface area (Å²) in [5, 5.41) is 18.2. The fourth-order valence-corrected chi connectivity index (χ4v) is 3.18. The standard InChI is InChI=1S/C18H18N6O3S/c19-15(26)14-17(28-18(23-14)22-13-5-7-20-8-6-13)24-16(27)11-1-3-12(4-2-11)21-9-10-25/h1-8,21,25H,9-10H2,(H2,19,26)(H,24,27)(H,20,22,23). The summed E-state index contributed by atoms with van der Waals surface area (Å²) < 4.78 is 0. The van der Waals surface area contributed by atoms with E-state index in [2.05, 4.69) is 25.9 Å². The largest absolute Gasteiger partial charge is 0.395 e. The van der Waals surface area contributed by atoms with Gasteiger partial charge >= 0.3 is 0 Å². The van der Waals surface area contributed by atoms with Gasteiger partial charge in [0.2, 0.25) is 0 Å². The summed E-state index contributed by atoms with van der Waals surface area (Å²) in [7, 11) is 0. The van der Waals surface area contributed by atoms with Crippen LogP contribution in [0.2, 0.25) is 0 Å². The van der Waals surface area contributed by atoms with E-state index in [4.69, 9.17) is 10.8 Å². The third-order valence-electron chi connectivity index (χ3n) is 3.61. The third kappa shape index (κ3) is 4.81. The molecule has 3 aromatic rings. The Bertz CT molecular complexity index is 959. The van der Waals surface area contributed by atoms with Gasteiger partial charge in [0, 0.05) is 35.9 Å². The number of hydrogen-bond acceptors (Lipinski definition) is 8. The lowest BCUT2D eigenvalue weighted by molar-refractivity contribution is 0.0997. The molecule has 10 heteroatoms. The Morgan fingerprint density at radius 1 is 1.07 bits per heavy atom. The van der Waals surface area contributed by atoms with Gasteiger partial charge in [-0.05, 0) is 36.4 Å². The first-order valence-electron chi connectivity index (χ1n) is 8.30. The van der Waals surface area contributed by atoms with Gasteiger partial charge < -0.3 is 26.8 Å². The van der Waals surface area contributed by atoms with Crippen LogP contribution < -0.4 is 21.7 Å². The number of aromatic nitrogens is 2. The van der Waals surface area contributed by atoms with Gasteiger partial charge in [-0.3, -0.25) is 14.6 Å². The number of rotatable bonds is 8. The van der Waals surface area contributed by atoms with Gasteiger partial charge in [-0.1, -0.05) is 11.3 Å². The molecule has 3 rings (SSSR count). The monoisotopic (exact) mass is 398 g/mol. The molecule has 0 saturated heterocycles. The molecule has 0 spiro atoms. The zero-order chi connectivity index (χ0) is 19.9. The van der Waals surface area contributed by atoms with Gasteiger partial charge in [-0.15, -0.1) is 0 Å². The Hall–Kier alpha value is -3.50. The van der Waals surface area contributed by atoms with Crippen molar-refractivity contribution < 1.29 is 14.7 Å². The zero-order valence-corrected chi connectivity index (χ0v) is 15.5. The van der Waals surface area contributed by atoms with Crippen LogP contribution in [0.4, 0.5) is 21.5 Å². The fraction of sp³-hybridized carbons (Fsp3) is 0.111. The number of thiazole rings is 1. The molecule has 6 N–H and O–H groups in total. The van der Waals surface area contributed by atoms with E-state index < -0.39 is 11.8 Å². The molecule has 0 radical (unpaired) electrons. The number of amides is 2. The zero-order valence-electron chi connectivity index (χ0n) is 14.7.